The number of fused-ring (bicyclic) bond motifs is 4. The second-order valence-corrected chi connectivity index (χ2v) is 12.6. The average Bonchev–Trinajstić information content (AvgIpc) is 3.24. The minimum absolute atomic E-state index is 0. The maximum Gasteiger partial charge on any atom is 1.00 e. The molecule has 3 N–H and O–H groups in total. The van der Waals surface area contributed by atoms with Crippen LogP contribution in [0, 0.1) is 24.7 Å². The van der Waals surface area contributed by atoms with Gasteiger partial charge in [-0.3, -0.25) is 0 Å². The number of hydrogen-bond donors (Lipinski definition) is 2. The monoisotopic (exact) mass is 858 g/mol. The van der Waals surface area contributed by atoms with Crippen molar-refractivity contribution in [1.82, 2.24) is 19.9 Å². The van der Waals surface area contributed by atoms with Crippen LogP contribution in [0.3, 0.4) is 0 Å². The number of aromatic nitrogens is 4. The van der Waals surface area contributed by atoms with Crippen LogP contribution in [-0.4, -0.2) is 105 Å². The summed E-state index contributed by atoms with van der Waals surface area (Å²) in [6.07, 6.45) is 14.0. The van der Waals surface area contributed by atoms with Gasteiger partial charge in [-0.15, -0.1) is 25.3 Å². The third-order valence-electron chi connectivity index (χ3n) is 8.67. The number of nitrogens with one attached hydrogen (secondary N) is 2. The zero-order valence-corrected chi connectivity index (χ0v) is 36.4. The molecule has 8 rings (SSSR count). The van der Waals surface area contributed by atoms with Crippen molar-refractivity contribution >= 4 is 57.2 Å². The first-order valence-corrected chi connectivity index (χ1v) is 18.7. The van der Waals surface area contributed by atoms with Crippen LogP contribution in [0.15, 0.2) is 85.5 Å². The Kier molecular flexibility index (Phi) is 20.1. The second-order valence-electron chi connectivity index (χ2n) is 12.6. The smallest absolute Gasteiger partial charge is 0.870 e. The van der Waals surface area contributed by atoms with Crippen LogP contribution >= 0.6 is 12.4 Å². The van der Waals surface area contributed by atoms with Crippen molar-refractivity contribution in [1.29, 1.82) is 0 Å². The Balaban J connectivity index is 0.000000256. The third kappa shape index (κ3) is 13.8. The number of benzene rings is 4. The van der Waals surface area contributed by atoms with Crippen LogP contribution in [0.2, 0.25) is 0 Å². The average molecular weight is 859 g/mol. The Bertz CT molecular complexity index is 2250. The molecule has 15 nitrogen and oxygen atoms in total. The van der Waals surface area contributed by atoms with Gasteiger partial charge >= 0.3 is 29.6 Å². The van der Waals surface area contributed by atoms with Gasteiger partial charge in [0.25, 0.3) is 0 Å². The second kappa shape index (κ2) is 25.4. The number of anilines is 4. The molecule has 0 unspecified atom stereocenters. The topological polar surface area (TPSA) is 179 Å². The van der Waals surface area contributed by atoms with Gasteiger partial charge in [-0.25, -0.2) is 19.9 Å². The van der Waals surface area contributed by atoms with E-state index in [4.69, 9.17) is 50.7 Å². The number of halogens is 1. The van der Waals surface area contributed by atoms with Crippen molar-refractivity contribution in [2.45, 2.75) is 0 Å². The number of hydrogen-bond acceptors (Lipinski definition) is 15. The van der Waals surface area contributed by atoms with E-state index in [0.717, 1.165) is 44.3 Å². The molecule has 0 fully saturated rings. The minimum atomic E-state index is 0. The molecule has 0 saturated heterocycles. The van der Waals surface area contributed by atoms with Crippen LogP contribution in [0.5, 0.6) is 23.0 Å². The number of nitrogens with zero attached hydrogens (tertiary/aromatic N) is 4. The molecule has 4 heterocycles. The van der Waals surface area contributed by atoms with Gasteiger partial charge in [-0.05, 0) is 48.5 Å². The number of ether oxygens (including phenoxy) is 8. The minimum Gasteiger partial charge on any atom is -0.870 e. The predicted molar refractivity (Wildman–Crippen MR) is 229 cm³/mol. The van der Waals surface area contributed by atoms with E-state index in [-0.39, 0.29) is 47.4 Å². The molecule has 2 aromatic heterocycles. The normalized spacial score (nSPS) is 14.3. The van der Waals surface area contributed by atoms with Gasteiger partial charge in [0.15, 0.2) is 23.0 Å². The van der Waals surface area contributed by atoms with Gasteiger partial charge in [0, 0.05) is 45.4 Å². The fourth-order valence-electron chi connectivity index (χ4n) is 5.91. The van der Waals surface area contributed by atoms with Gasteiger partial charge in [0.2, 0.25) is 0 Å². The summed E-state index contributed by atoms with van der Waals surface area (Å²) >= 11 is 0. The number of terminal acetylenes is 2. The first kappa shape index (κ1) is 48.2. The molecule has 0 aliphatic carbocycles. The molecule has 6 aromatic rings. The Morgan fingerprint density at radius 1 is 0.459 bits per heavy atom. The van der Waals surface area contributed by atoms with Crippen molar-refractivity contribution in [3.63, 3.8) is 0 Å². The van der Waals surface area contributed by atoms with Crippen LogP contribution in [-0.2, 0) is 18.9 Å². The molecule has 0 saturated carbocycles. The first-order valence-electron chi connectivity index (χ1n) is 18.7. The van der Waals surface area contributed by atoms with E-state index in [1.165, 1.54) is 12.7 Å². The van der Waals surface area contributed by atoms with Crippen molar-refractivity contribution in [3.05, 3.63) is 96.6 Å². The Morgan fingerprint density at radius 3 is 1.16 bits per heavy atom. The molecule has 2 aliphatic rings. The fourth-order valence-corrected chi connectivity index (χ4v) is 5.91. The summed E-state index contributed by atoms with van der Waals surface area (Å²) in [5, 5.41) is 8.24. The molecular weight excluding hydrogens is 815 g/mol. The third-order valence-corrected chi connectivity index (χ3v) is 8.67. The largest absolute Gasteiger partial charge is 1.00 e. The van der Waals surface area contributed by atoms with E-state index in [9.17, 15) is 0 Å². The van der Waals surface area contributed by atoms with Crippen LogP contribution in [0.25, 0.3) is 21.8 Å². The summed E-state index contributed by atoms with van der Waals surface area (Å²) < 4.78 is 45.5. The molecule has 4 aromatic carbocycles. The Morgan fingerprint density at radius 2 is 0.803 bits per heavy atom. The molecule has 17 heteroatoms. The standard InChI is InChI=1S/2C22H21N3O4.ClH.Na.H2O/c2*1-2-16-4-3-5-17(12-16)25-22-18-13-20-21(14-19(18)23-15-24-22)29-11-9-27-7-6-26-8-10-28-20;;;/h2*1,3-5,12-15H,6-11H2,(H,23,24,25);1H;;1H2/q;;;+1;/p-1. The van der Waals surface area contributed by atoms with Gasteiger partial charge in [-0.2, -0.15) is 0 Å². The zero-order chi connectivity index (χ0) is 39.8. The molecule has 0 spiro atoms. The predicted octanol–water partition coefficient (Wildman–Crippen LogP) is 3.57. The van der Waals surface area contributed by atoms with Gasteiger partial charge in [-0.1, -0.05) is 24.0 Å². The van der Waals surface area contributed by atoms with Crippen molar-refractivity contribution in [2.75, 3.05) is 89.9 Å². The van der Waals surface area contributed by atoms with Gasteiger partial charge < -0.3 is 54.0 Å². The van der Waals surface area contributed by atoms with E-state index < -0.39 is 0 Å². The Labute approximate surface area is 382 Å². The van der Waals surface area contributed by atoms with Crippen molar-refractivity contribution in [2.24, 2.45) is 0 Å². The van der Waals surface area contributed by atoms with Gasteiger partial charge in [0.05, 0.1) is 63.9 Å². The van der Waals surface area contributed by atoms with Crippen molar-refractivity contribution in [3.8, 4) is 47.7 Å². The zero-order valence-electron chi connectivity index (χ0n) is 33.6. The van der Waals surface area contributed by atoms with E-state index in [0.29, 0.717) is 114 Å². The van der Waals surface area contributed by atoms with Crippen LogP contribution < -0.4 is 59.1 Å². The summed E-state index contributed by atoms with van der Waals surface area (Å²) in [5.74, 6) is 9.01. The Hall–Kier alpha value is -5.43. The molecular formula is C44H44ClN6NaO9. The van der Waals surface area contributed by atoms with Crippen molar-refractivity contribution < 1.29 is 72.9 Å². The molecule has 61 heavy (non-hydrogen) atoms. The maximum atomic E-state index is 5.91. The molecule has 2 aliphatic heterocycles. The summed E-state index contributed by atoms with van der Waals surface area (Å²) in [7, 11) is 0. The van der Waals surface area contributed by atoms with E-state index in [1.807, 2.05) is 72.8 Å². The first-order chi connectivity index (χ1) is 28.7. The molecule has 0 amide bonds. The maximum absolute atomic E-state index is 5.91. The summed E-state index contributed by atoms with van der Waals surface area (Å²) in [4.78, 5) is 17.5. The molecule has 0 bridgehead atoms. The molecule has 0 atom stereocenters. The van der Waals surface area contributed by atoms with Gasteiger partial charge in [0.1, 0.15) is 50.7 Å². The van der Waals surface area contributed by atoms with Crippen LogP contribution in [0.1, 0.15) is 11.1 Å². The van der Waals surface area contributed by atoms with E-state index in [1.54, 1.807) is 0 Å². The molecule has 312 valence electrons. The SMILES string of the molecule is C#Cc1cccc(Nc2ncnc3cc4c(cc23)OCCOCCOCCO4)c1.C#Cc1cccc(Nc2ncnc3cc4c(cc23)OCCOCCOCCO4)c1.Cl.[Na+].[OH-]. The summed E-state index contributed by atoms with van der Waals surface area (Å²) in [6.45, 7) is 5.67. The fraction of sp³-hybridized carbons (Fsp3) is 0.273. The summed E-state index contributed by atoms with van der Waals surface area (Å²) in [6, 6.07) is 22.6. The summed E-state index contributed by atoms with van der Waals surface area (Å²) in [5.41, 5.74) is 4.74. The quantitative estimate of drug-likeness (QED) is 0.194. The number of rotatable bonds is 4. The van der Waals surface area contributed by atoms with E-state index in [2.05, 4.69) is 42.4 Å². The van der Waals surface area contributed by atoms with E-state index >= 15 is 0 Å². The van der Waals surface area contributed by atoms with Crippen LogP contribution in [0.4, 0.5) is 23.0 Å². The molecule has 0 radical (unpaired) electrons.